The average Bonchev–Trinajstić information content (AvgIpc) is 2.25. The molecule has 0 spiro atoms. The zero-order chi connectivity index (χ0) is 11.5. The summed E-state index contributed by atoms with van der Waals surface area (Å²) in [7, 11) is 1.76. The van der Waals surface area contributed by atoms with Crippen LogP contribution in [0, 0.1) is 5.92 Å². The van der Waals surface area contributed by atoms with E-state index in [4.69, 9.17) is 9.47 Å². The van der Waals surface area contributed by atoms with Crippen molar-refractivity contribution in [3.05, 3.63) is 0 Å². The molecule has 3 nitrogen and oxygen atoms in total. The van der Waals surface area contributed by atoms with Gasteiger partial charge in [-0.15, -0.1) is 0 Å². The summed E-state index contributed by atoms with van der Waals surface area (Å²) >= 11 is 0. The molecule has 92 valence electrons. The molecule has 0 radical (unpaired) electrons. The monoisotopic (exact) mass is 217 g/mol. The highest BCUT2D eigenvalue weighted by Crippen LogP contribution is 2.11. The van der Waals surface area contributed by atoms with Crippen LogP contribution in [-0.4, -0.2) is 39.5 Å². The first-order valence-corrected chi connectivity index (χ1v) is 6.06. The van der Waals surface area contributed by atoms with Crippen LogP contribution in [0.4, 0.5) is 0 Å². The Balaban J connectivity index is 3.77. The van der Waals surface area contributed by atoms with Gasteiger partial charge >= 0.3 is 0 Å². The Kier molecular flexibility index (Phi) is 10.3. The summed E-state index contributed by atoms with van der Waals surface area (Å²) < 4.78 is 10.5. The molecule has 0 saturated carbocycles. The Morgan fingerprint density at radius 1 is 1.13 bits per heavy atom. The molecule has 0 bridgehead atoms. The third-order valence-electron chi connectivity index (χ3n) is 2.71. The minimum absolute atomic E-state index is 0.552. The van der Waals surface area contributed by atoms with Crippen LogP contribution in [0.15, 0.2) is 0 Å². The van der Waals surface area contributed by atoms with Gasteiger partial charge in [-0.1, -0.05) is 13.8 Å². The summed E-state index contributed by atoms with van der Waals surface area (Å²) in [4.78, 5) is 0. The minimum atomic E-state index is 0.552. The number of ether oxygens (including phenoxy) is 2. The molecule has 0 heterocycles. The van der Waals surface area contributed by atoms with E-state index in [0.717, 1.165) is 39.2 Å². The lowest BCUT2D eigenvalue weighted by Gasteiger charge is -2.24. The maximum Gasteiger partial charge on any atom is 0.0480 e. The summed E-state index contributed by atoms with van der Waals surface area (Å²) in [5.74, 6) is 0.644. The molecule has 1 N–H and O–H groups in total. The topological polar surface area (TPSA) is 30.5 Å². The number of hydrogen-bond donors (Lipinski definition) is 1. The maximum absolute atomic E-state index is 5.39. The van der Waals surface area contributed by atoms with Crippen LogP contribution in [-0.2, 0) is 9.47 Å². The van der Waals surface area contributed by atoms with Crippen LogP contribution >= 0.6 is 0 Å². The minimum Gasteiger partial charge on any atom is -0.385 e. The van der Waals surface area contributed by atoms with Gasteiger partial charge < -0.3 is 14.8 Å². The quantitative estimate of drug-likeness (QED) is 0.568. The first kappa shape index (κ1) is 14.9. The predicted molar refractivity (Wildman–Crippen MR) is 64.2 cm³/mol. The van der Waals surface area contributed by atoms with Crippen LogP contribution in [0.3, 0.4) is 0 Å². The zero-order valence-corrected chi connectivity index (χ0v) is 10.7. The second-order valence-corrected chi connectivity index (χ2v) is 3.91. The summed E-state index contributed by atoms with van der Waals surface area (Å²) in [5.41, 5.74) is 0. The van der Waals surface area contributed by atoms with Gasteiger partial charge in [0.25, 0.3) is 0 Å². The Morgan fingerprint density at radius 3 is 2.40 bits per heavy atom. The van der Waals surface area contributed by atoms with E-state index >= 15 is 0 Å². The largest absolute Gasteiger partial charge is 0.385 e. The fraction of sp³-hybridized carbons (Fsp3) is 1.00. The van der Waals surface area contributed by atoms with Crippen molar-refractivity contribution in [3.63, 3.8) is 0 Å². The van der Waals surface area contributed by atoms with E-state index in [1.165, 1.54) is 0 Å². The van der Waals surface area contributed by atoms with Crippen molar-refractivity contribution in [2.45, 2.75) is 39.7 Å². The van der Waals surface area contributed by atoms with E-state index in [-0.39, 0.29) is 0 Å². The third kappa shape index (κ3) is 7.77. The van der Waals surface area contributed by atoms with Crippen molar-refractivity contribution in [3.8, 4) is 0 Å². The SMILES string of the molecule is CCNC(CCOCC)C(C)CCOC. The molecule has 0 aliphatic rings. The standard InChI is InChI=1S/C12H27NO2/c1-5-13-12(8-10-15-6-2)11(3)7-9-14-4/h11-13H,5-10H2,1-4H3. The molecular formula is C12H27NO2. The van der Waals surface area contributed by atoms with Crippen LogP contribution in [0.25, 0.3) is 0 Å². The van der Waals surface area contributed by atoms with Gasteiger partial charge in [0, 0.05) is 33.0 Å². The maximum atomic E-state index is 5.39. The van der Waals surface area contributed by atoms with Crippen molar-refractivity contribution in [2.75, 3.05) is 33.5 Å². The molecule has 3 heteroatoms. The van der Waals surface area contributed by atoms with Gasteiger partial charge in [-0.2, -0.15) is 0 Å². The molecule has 0 aromatic rings. The lowest BCUT2D eigenvalue weighted by molar-refractivity contribution is 0.121. The van der Waals surface area contributed by atoms with Gasteiger partial charge in [-0.25, -0.2) is 0 Å². The van der Waals surface area contributed by atoms with Gasteiger partial charge in [0.05, 0.1) is 0 Å². The summed E-state index contributed by atoms with van der Waals surface area (Å²) in [6, 6.07) is 0.552. The molecule has 0 saturated heterocycles. The average molecular weight is 217 g/mol. The highest BCUT2D eigenvalue weighted by Gasteiger charge is 2.15. The lowest BCUT2D eigenvalue weighted by Crippen LogP contribution is -2.36. The van der Waals surface area contributed by atoms with Crippen LogP contribution in [0.1, 0.15) is 33.6 Å². The molecule has 0 aliphatic heterocycles. The van der Waals surface area contributed by atoms with E-state index in [2.05, 4.69) is 19.2 Å². The molecule has 0 amide bonds. The third-order valence-corrected chi connectivity index (χ3v) is 2.71. The summed E-state index contributed by atoms with van der Waals surface area (Å²) in [6.45, 7) is 9.99. The molecule has 0 aliphatic carbocycles. The normalized spacial score (nSPS) is 15.2. The van der Waals surface area contributed by atoms with Crippen molar-refractivity contribution in [1.82, 2.24) is 5.32 Å². The van der Waals surface area contributed by atoms with Crippen LogP contribution < -0.4 is 5.32 Å². The predicted octanol–water partition coefficient (Wildman–Crippen LogP) is 2.06. The lowest BCUT2D eigenvalue weighted by atomic mass is 9.96. The second kappa shape index (κ2) is 10.4. The van der Waals surface area contributed by atoms with E-state index in [1.54, 1.807) is 7.11 Å². The number of rotatable bonds is 10. The van der Waals surface area contributed by atoms with E-state index in [0.29, 0.717) is 12.0 Å². The van der Waals surface area contributed by atoms with Gasteiger partial charge in [-0.05, 0) is 32.2 Å². The van der Waals surface area contributed by atoms with E-state index in [9.17, 15) is 0 Å². The van der Waals surface area contributed by atoms with Crippen LogP contribution in [0.2, 0.25) is 0 Å². The van der Waals surface area contributed by atoms with Gasteiger partial charge in [-0.3, -0.25) is 0 Å². The van der Waals surface area contributed by atoms with E-state index < -0.39 is 0 Å². The highest BCUT2D eigenvalue weighted by atomic mass is 16.5. The number of methoxy groups -OCH3 is 1. The Morgan fingerprint density at radius 2 is 1.87 bits per heavy atom. The van der Waals surface area contributed by atoms with Crippen molar-refractivity contribution in [2.24, 2.45) is 5.92 Å². The molecule has 0 rings (SSSR count). The Bertz CT molecular complexity index is 131. The Labute approximate surface area is 94.5 Å². The molecule has 15 heavy (non-hydrogen) atoms. The fourth-order valence-corrected chi connectivity index (χ4v) is 1.71. The van der Waals surface area contributed by atoms with Crippen molar-refractivity contribution >= 4 is 0 Å². The summed E-state index contributed by atoms with van der Waals surface area (Å²) in [6.07, 6.45) is 2.20. The first-order chi connectivity index (χ1) is 7.26. The van der Waals surface area contributed by atoms with Crippen LogP contribution in [0.5, 0.6) is 0 Å². The molecule has 0 fully saturated rings. The smallest absolute Gasteiger partial charge is 0.0480 e. The zero-order valence-electron chi connectivity index (χ0n) is 10.7. The van der Waals surface area contributed by atoms with Gasteiger partial charge in [0.2, 0.25) is 0 Å². The molecule has 0 aromatic carbocycles. The van der Waals surface area contributed by atoms with Gasteiger partial charge in [0.1, 0.15) is 0 Å². The molecular weight excluding hydrogens is 190 g/mol. The number of nitrogens with one attached hydrogen (secondary N) is 1. The Hall–Kier alpha value is -0.120. The fourth-order valence-electron chi connectivity index (χ4n) is 1.71. The highest BCUT2D eigenvalue weighted by molar-refractivity contribution is 4.72. The molecule has 2 atom stereocenters. The molecule has 2 unspecified atom stereocenters. The van der Waals surface area contributed by atoms with Gasteiger partial charge in [0.15, 0.2) is 0 Å². The van der Waals surface area contributed by atoms with Crippen molar-refractivity contribution in [1.29, 1.82) is 0 Å². The molecule has 0 aromatic heterocycles. The second-order valence-electron chi connectivity index (χ2n) is 3.91. The summed E-state index contributed by atoms with van der Waals surface area (Å²) in [5, 5.41) is 3.51. The first-order valence-electron chi connectivity index (χ1n) is 6.06. The number of hydrogen-bond acceptors (Lipinski definition) is 3. The van der Waals surface area contributed by atoms with Crippen molar-refractivity contribution < 1.29 is 9.47 Å². The van der Waals surface area contributed by atoms with E-state index in [1.807, 2.05) is 6.92 Å².